The Kier molecular flexibility index (Phi) is 15.8. The smallest absolute Gasteiger partial charge is 0.338 e. The number of carbonyl (C=O) groups is 2. The predicted molar refractivity (Wildman–Crippen MR) is 237 cm³/mol. The lowest BCUT2D eigenvalue weighted by Crippen LogP contribution is -2.62. The van der Waals surface area contributed by atoms with Crippen molar-refractivity contribution in [3.05, 3.63) is 41.5 Å². The van der Waals surface area contributed by atoms with Crippen LogP contribution in [0.25, 0.3) is 0 Å². The van der Waals surface area contributed by atoms with Gasteiger partial charge in [0.1, 0.15) is 30.2 Å². The topological polar surface area (TPSA) is 226 Å². The zero-order valence-corrected chi connectivity index (χ0v) is 39.8. The molecule has 16 nitrogen and oxygen atoms in total. The summed E-state index contributed by atoms with van der Waals surface area (Å²) in [5.74, 6) is 0.594. The molecular weight excluding hydrogens is 863 g/mol. The monoisotopic (exact) mass is 935 g/mol. The Bertz CT molecular complexity index is 1950. The summed E-state index contributed by atoms with van der Waals surface area (Å²) in [7, 11) is -1.80. The number of benzene rings is 1. The summed E-state index contributed by atoms with van der Waals surface area (Å²) in [6.07, 6.45) is 0.550. The van der Waals surface area contributed by atoms with E-state index in [1.54, 1.807) is 12.1 Å². The van der Waals surface area contributed by atoms with E-state index in [4.69, 9.17) is 33.2 Å². The van der Waals surface area contributed by atoms with Gasteiger partial charge < -0.3 is 53.6 Å². The molecular formula is C48H73NO15S. The molecule has 3 unspecified atom stereocenters. The van der Waals surface area contributed by atoms with Gasteiger partial charge in [-0.05, 0) is 122 Å². The van der Waals surface area contributed by atoms with Crippen molar-refractivity contribution in [2.45, 2.75) is 160 Å². The van der Waals surface area contributed by atoms with Crippen LogP contribution < -0.4 is 9.46 Å². The second-order valence-corrected chi connectivity index (χ2v) is 22.4. The van der Waals surface area contributed by atoms with Crippen molar-refractivity contribution in [2.75, 3.05) is 33.1 Å². The van der Waals surface area contributed by atoms with E-state index in [-0.39, 0.29) is 59.6 Å². The molecule has 7 rings (SSSR count). The quantitative estimate of drug-likeness (QED) is 0.115. The van der Waals surface area contributed by atoms with E-state index in [1.165, 1.54) is 38.0 Å². The van der Waals surface area contributed by atoms with Crippen LogP contribution in [-0.4, -0.2) is 135 Å². The Labute approximate surface area is 384 Å². The van der Waals surface area contributed by atoms with Crippen molar-refractivity contribution >= 4 is 22.0 Å². The van der Waals surface area contributed by atoms with Crippen LogP contribution in [0.15, 0.2) is 35.9 Å². The van der Waals surface area contributed by atoms with Crippen molar-refractivity contribution in [2.24, 2.45) is 46.3 Å². The molecule has 1 aromatic rings. The fraction of sp³-hybridized carbons (Fsp3) is 0.792. The van der Waals surface area contributed by atoms with Gasteiger partial charge in [-0.1, -0.05) is 52.2 Å². The van der Waals surface area contributed by atoms with Gasteiger partial charge in [0.05, 0.1) is 44.4 Å². The molecule has 2 saturated heterocycles. The first kappa shape index (κ1) is 50.2. The van der Waals surface area contributed by atoms with E-state index in [0.717, 1.165) is 64.2 Å². The van der Waals surface area contributed by atoms with Gasteiger partial charge in [0.25, 0.3) is 0 Å². The Morgan fingerprint density at radius 2 is 1.58 bits per heavy atom. The predicted octanol–water partition coefficient (Wildman–Crippen LogP) is 4.26. The van der Waals surface area contributed by atoms with Crippen LogP contribution in [0.2, 0.25) is 0 Å². The highest BCUT2D eigenvalue weighted by Gasteiger charge is 2.63. The van der Waals surface area contributed by atoms with E-state index >= 15 is 0 Å². The number of aliphatic hydroxyl groups is 4. The molecule has 0 amide bonds. The fourth-order valence-electron chi connectivity index (χ4n) is 12.8. The van der Waals surface area contributed by atoms with Gasteiger partial charge in [0.2, 0.25) is 10.0 Å². The van der Waals surface area contributed by atoms with E-state index in [9.17, 15) is 38.4 Å². The lowest BCUT2D eigenvalue weighted by Gasteiger charge is -2.58. The summed E-state index contributed by atoms with van der Waals surface area (Å²) < 4.78 is 68.5. The summed E-state index contributed by atoms with van der Waals surface area (Å²) in [6, 6.07) is 6.13. The first-order valence-electron chi connectivity index (χ1n) is 23.6. The maximum atomic E-state index is 13.3. The second-order valence-electron chi connectivity index (χ2n) is 20.6. The van der Waals surface area contributed by atoms with Crippen molar-refractivity contribution in [3.8, 4) is 5.75 Å². The highest BCUT2D eigenvalue weighted by Crippen LogP contribution is 2.68. The van der Waals surface area contributed by atoms with Gasteiger partial charge >= 0.3 is 11.9 Å². The van der Waals surface area contributed by atoms with Crippen molar-refractivity contribution < 1.29 is 71.6 Å². The molecule has 0 spiro atoms. The van der Waals surface area contributed by atoms with Crippen LogP contribution in [-0.2, 0) is 43.2 Å². The third-order valence-electron chi connectivity index (χ3n) is 16.1. The van der Waals surface area contributed by atoms with Crippen LogP contribution in [0, 0.1) is 46.3 Å². The number of hydrogen-bond donors (Lipinski definition) is 5. The molecule has 4 aliphatic carbocycles. The normalized spacial score (nSPS) is 40.3. The maximum absolute atomic E-state index is 13.3. The van der Waals surface area contributed by atoms with Crippen LogP contribution in [0.1, 0.15) is 109 Å². The molecule has 366 valence electrons. The Hall–Kier alpha value is -2.71. The average molecular weight is 936 g/mol. The average Bonchev–Trinajstić information content (AvgIpc) is 3.56. The lowest BCUT2D eigenvalue weighted by molar-refractivity contribution is -0.340. The van der Waals surface area contributed by atoms with Crippen molar-refractivity contribution in [1.82, 2.24) is 4.72 Å². The number of fused-ring (bicyclic) bond motifs is 5. The molecule has 2 heterocycles. The molecule has 1 aromatic carbocycles. The van der Waals surface area contributed by atoms with Crippen LogP contribution >= 0.6 is 0 Å². The maximum Gasteiger partial charge on any atom is 0.338 e. The van der Waals surface area contributed by atoms with Crippen molar-refractivity contribution in [1.29, 1.82) is 0 Å². The van der Waals surface area contributed by atoms with Crippen LogP contribution in [0.4, 0.5) is 0 Å². The van der Waals surface area contributed by atoms with Gasteiger partial charge in [-0.25, -0.2) is 17.9 Å². The van der Waals surface area contributed by atoms with E-state index in [1.807, 2.05) is 0 Å². The zero-order valence-electron chi connectivity index (χ0n) is 39.0. The highest BCUT2D eigenvalue weighted by atomic mass is 32.2. The number of allylic oxidation sites excluding steroid dienone is 1. The largest absolute Gasteiger partial charge is 0.497 e. The van der Waals surface area contributed by atoms with Crippen LogP contribution in [0.5, 0.6) is 5.75 Å². The summed E-state index contributed by atoms with van der Waals surface area (Å²) in [5.41, 5.74) is 1.45. The fourth-order valence-corrected chi connectivity index (χ4v) is 13.4. The Balaban J connectivity index is 1.14. The molecule has 65 heavy (non-hydrogen) atoms. The highest BCUT2D eigenvalue weighted by molar-refractivity contribution is 7.88. The third kappa shape index (κ3) is 10.9. The number of esters is 2. The minimum atomic E-state index is -3.30. The minimum absolute atomic E-state index is 0.0267. The second kappa shape index (κ2) is 20.5. The van der Waals surface area contributed by atoms with Gasteiger partial charge in [0, 0.05) is 13.5 Å². The summed E-state index contributed by atoms with van der Waals surface area (Å²) >= 11 is 0. The van der Waals surface area contributed by atoms with E-state index in [2.05, 4.69) is 38.5 Å². The summed E-state index contributed by atoms with van der Waals surface area (Å²) in [6.45, 7) is 10.1. The van der Waals surface area contributed by atoms with Crippen LogP contribution in [0.3, 0.4) is 0 Å². The number of sulfonamides is 1. The number of hydrogen-bond acceptors (Lipinski definition) is 15. The number of ether oxygens (including phenoxy) is 7. The first-order valence-corrected chi connectivity index (χ1v) is 25.5. The lowest BCUT2D eigenvalue weighted by atomic mass is 9.47. The molecule has 6 aliphatic rings. The van der Waals surface area contributed by atoms with Gasteiger partial charge in [0.15, 0.2) is 24.8 Å². The number of aliphatic hydroxyl groups excluding tert-OH is 4. The number of carbonyl (C=O) groups excluding carboxylic acids is 2. The SMILES string of the molecule is COc1ccc(C(=O)O[C@H]2[C@H](O[C@@H]3[C@@H](OC(C)=O)[C@H](O[C@H]4CC5C6CC=C7C[C@@H](O)CC[C@]7(C)C6CC[C@]5(C)[C@H]4[C@H](C)CCC[C@@H](C)CNS(C)(=O)=O)OC[C@@H]3O)OC[C@@H](O)[C@@H]2O)cc1. The van der Waals surface area contributed by atoms with Gasteiger partial charge in [-0.15, -0.1) is 0 Å². The number of nitrogens with one attached hydrogen (secondary N) is 1. The number of methoxy groups -OCH3 is 1. The molecule has 2 aliphatic heterocycles. The van der Waals surface area contributed by atoms with E-state index in [0.29, 0.717) is 30.0 Å². The standard InChI is InChI=1S/C48H73NO15S/c1-26(23-49-65(7,56)57)9-8-10-27(2)39-38(22-35-33-16-13-30-21-31(51)17-19-47(30,4)34(33)18-20-48(35,39)5)62-46-43(61-28(3)50)41(37(53)25-60-46)64-45-42(40(54)36(52)24-59-45)63-44(55)29-11-14-32(58-6)15-12-29/h11-15,26-27,31,33-43,45-46,49,51-54H,8-10,16-25H2,1-7H3/t26-,27-,31+,33?,34?,35?,36-,37+,38+,39+,40+,41+,42-,43-,45+,46+,47+,48+/m1/s1. The van der Waals surface area contributed by atoms with E-state index < -0.39 is 71.2 Å². The zero-order chi connectivity index (χ0) is 47.0. The molecule has 5 N–H and O–H groups in total. The molecule has 17 heteroatoms. The van der Waals surface area contributed by atoms with Gasteiger partial charge in [-0.2, -0.15) is 0 Å². The van der Waals surface area contributed by atoms with Gasteiger partial charge in [-0.3, -0.25) is 4.79 Å². The third-order valence-corrected chi connectivity index (χ3v) is 16.8. The number of rotatable bonds is 16. The molecule has 0 aromatic heterocycles. The summed E-state index contributed by atoms with van der Waals surface area (Å²) in [5, 5.41) is 43.8. The molecule has 18 atom stereocenters. The minimum Gasteiger partial charge on any atom is -0.497 e. The Morgan fingerprint density at radius 3 is 2.26 bits per heavy atom. The Morgan fingerprint density at radius 1 is 0.892 bits per heavy atom. The van der Waals surface area contributed by atoms with Crippen molar-refractivity contribution in [3.63, 3.8) is 0 Å². The molecule has 0 radical (unpaired) electrons. The summed E-state index contributed by atoms with van der Waals surface area (Å²) in [4.78, 5) is 26.2. The molecule has 5 fully saturated rings. The molecule has 0 bridgehead atoms. The molecule has 3 saturated carbocycles. The first-order chi connectivity index (χ1) is 30.7.